The lowest BCUT2D eigenvalue weighted by Crippen LogP contribution is -2.43. The summed E-state index contributed by atoms with van der Waals surface area (Å²) in [5.41, 5.74) is 0. The molecule has 0 saturated carbocycles. The van der Waals surface area contributed by atoms with Crippen molar-refractivity contribution in [2.75, 3.05) is 11.6 Å². The first-order valence-electron chi connectivity index (χ1n) is 5.82. The number of imidazole rings is 1. The van der Waals surface area contributed by atoms with Crippen LogP contribution < -0.4 is 5.01 Å². The first-order valence-corrected chi connectivity index (χ1v) is 5.82. The standard InChI is InChI=1S/C12H16N4/c1-2-9-16(15-10-6-13-11-15)12(5-1)14-7-3-4-8-14/h3-4,6-8,10-12H,1-2,5,9H2. The number of rotatable bonds is 2. The van der Waals surface area contributed by atoms with Gasteiger partial charge in [-0.05, 0) is 31.4 Å². The van der Waals surface area contributed by atoms with Crippen molar-refractivity contribution in [2.24, 2.45) is 0 Å². The maximum absolute atomic E-state index is 4.13. The Balaban J connectivity index is 1.90. The molecule has 0 amide bonds. The topological polar surface area (TPSA) is 26.0 Å². The van der Waals surface area contributed by atoms with Crippen molar-refractivity contribution in [1.29, 1.82) is 0 Å². The maximum Gasteiger partial charge on any atom is 0.120 e. The molecule has 2 aromatic rings. The van der Waals surface area contributed by atoms with Gasteiger partial charge in [-0.2, -0.15) is 0 Å². The van der Waals surface area contributed by atoms with E-state index >= 15 is 0 Å². The summed E-state index contributed by atoms with van der Waals surface area (Å²) in [6, 6.07) is 4.17. The third kappa shape index (κ3) is 1.60. The van der Waals surface area contributed by atoms with Gasteiger partial charge in [0.2, 0.25) is 0 Å². The number of piperidine rings is 1. The Hall–Kier alpha value is -1.71. The van der Waals surface area contributed by atoms with Gasteiger partial charge in [0.15, 0.2) is 0 Å². The van der Waals surface area contributed by atoms with Crippen LogP contribution in [0.25, 0.3) is 0 Å². The van der Waals surface area contributed by atoms with E-state index in [1.807, 2.05) is 18.7 Å². The van der Waals surface area contributed by atoms with Gasteiger partial charge >= 0.3 is 0 Å². The molecule has 1 aliphatic heterocycles. The van der Waals surface area contributed by atoms with Crippen LogP contribution in [0.3, 0.4) is 0 Å². The fraction of sp³-hybridized carbons (Fsp3) is 0.417. The quantitative estimate of drug-likeness (QED) is 0.767. The molecule has 2 aromatic heterocycles. The smallest absolute Gasteiger partial charge is 0.120 e. The lowest BCUT2D eigenvalue weighted by Gasteiger charge is -2.38. The summed E-state index contributed by atoms with van der Waals surface area (Å²) in [7, 11) is 0. The molecule has 0 spiro atoms. The van der Waals surface area contributed by atoms with Gasteiger partial charge in [-0.15, -0.1) is 0 Å². The van der Waals surface area contributed by atoms with Crippen molar-refractivity contribution in [2.45, 2.75) is 25.4 Å². The van der Waals surface area contributed by atoms with Crippen LogP contribution in [-0.4, -0.2) is 20.8 Å². The molecular formula is C12H16N4. The van der Waals surface area contributed by atoms with Crippen LogP contribution in [0.2, 0.25) is 0 Å². The van der Waals surface area contributed by atoms with Crippen molar-refractivity contribution < 1.29 is 0 Å². The van der Waals surface area contributed by atoms with E-state index in [9.17, 15) is 0 Å². The van der Waals surface area contributed by atoms with E-state index in [-0.39, 0.29) is 0 Å². The van der Waals surface area contributed by atoms with Crippen molar-refractivity contribution in [3.8, 4) is 0 Å². The Bertz CT molecular complexity index is 376. The Morgan fingerprint density at radius 3 is 2.69 bits per heavy atom. The van der Waals surface area contributed by atoms with Crippen molar-refractivity contribution in [3.63, 3.8) is 0 Å². The lowest BCUT2D eigenvalue weighted by molar-refractivity contribution is 0.310. The molecule has 1 atom stereocenters. The predicted octanol–water partition coefficient (Wildman–Crippen LogP) is 2.01. The molecular weight excluding hydrogens is 200 g/mol. The van der Waals surface area contributed by atoms with E-state index in [4.69, 9.17) is 0 Å². The monoisotopic (exact) mass is 216 g/mol. The normalized spacial score (nSPS) is 21.2. The van der Waals surface area contributed by atoms with Crippen LogP contribution in [0.5, 0.6) is 0 Å². The molecule has 16 heavy (non-hydrogen) atoms. The zero-order chi connectivity index (χ0) is 10.8. The van der Waals surface area contributed by atoms with Crippen molar-refractivity contribution >= 4 is 0 Å². The highest BCUT2D eigenvalue weighted by atomic mass is 15.6. The first kappa shape index (κ1) is 9.51. The highest BCUT2D eigenvalue weighted by molar-refractivity contribution is 5.01. The highest BCUT2D eigenvalue weighted by Gasteiger charge is 2.23. The summed E-state index contributed by atoms with van der Waals surface area (Å²) >= 11 is 0. The van der Waals surface area contributed by atoms with Crippen molar-refractivity contribution in [1.82, 2.24) is 14.2 Å². The third-order valence-corrected chi connectivity index (χ3v) is 3.20. The predicted molar refractivity (Wildman–Crippen MR) is 62.6 cm³/mol. The molecule has 0 aromatic carbocycles. The summed E-state index contributed by atoms with van der Waals surface area (Å²) in [5, 5.41) is 2.37. The molecule has 1 unspecified atom stereocenters. The third-order valence-electron chi connectivity index (χ3n) is 3.20. The molecule has 0 aliphatic carbocycles. The summed E-state index contributed by atoms with van der Waals surface area (Å²) in [6.45, 7) is 1.10. The summed E-state index contributed by atoms with van der Waals surface area (Å²) < 4.78 is 4.38. The van der Waals surface area contributed by atoms with Gasteiger partial charge in [0.05, 0.1) is 0 Å². The maximum atomic E-state index is 4.13. The van der Waals surface area contributed by atoms with E-state index in [1.54, 1.807) is 0 Å². The second kappa shape index (κ2) is 4.04. The minimum absolute atomic E-state index is 0.429. The van der Waals surface area contributed by atoms with E-state index in [2.05, 4.69) is 43.8 Å². The van der Waals surface area contributed by atoms with Gasteiger partial charge in [-0.3, -0.25) is 9.69 Å². The molecule has 1 saturated heterocycles. The second-order valence-electron chi connectivity index (χ2n) is 4.21. The lowest BCUT2D eigenvalue weighted by atomic mass is 10.1. The van der Waals surface area contributed by atoms with Gasteiger partial charge in [0.25, 0.3) is 0 Å². The molecule has 3 rings (SSSR count). The van der Waals surface area contributed by atoms with Gasteiger partial charge in [-0.1, -0.05) is 0 Å². The first-order chi connectivity index (χ1) is 7.95. The van der Waals surface area contributed by atoms with Gasteiger partial charge in [-0.25, -0.2) is 4.98 Å². The number of aromatic nitrogens is 3. The van der Waals surface area contributed by atoms with E-state index in [0.29, 0.717) is 6.17 Å². The highest BCUT2D eigenvalue weighted by Crippen LogP contribution is 2.24. The zero-order valence-corrected chi connectivity index (χ0v) is 9.24. The molecule has 0 radical (unpaired) electrons. The molecule has 4 heteroatoms. The molecule has 0 bridgehead atoms. The van der Waals surface area contributed by atoms with Gasteiger partial charge in [0, 0.05) is 31.3 Å². The van der Waals surface area contributed by atoms with Crippen LogP contribution in [0.4, 0.5) is 0 Å². The van der Waals surface area contributed by atoms with Crippen LogP contribution in [0, 0.1) is 0 Å². The zero-order valence-electron chi connectivity index (χ0n) is 9.24. The summed E-state index contributed by atoms with van der Waals surface area (Å²) in [4.78, 5) is 4.13. The minimum atomic E-state index is 0.429. The van der Waals surface area contributed by atoms with E-state index in [0.717, 1.165) is 6.54 Å². The minimum Gasteiger partial charge on any atom is -0.332 e. The molecule has 1 fully saturated rings. The number of hydrogen-bond donors (Lipinski definition) is 0. The fourth-order valence-corrected chi connectivity index (χ4v) is 2.42. The molecule has 1 aliphatic rings. The number of hydrogen-bond acceptors (Lipinski definition) is 2. The average Bonchev–Trinajstić information content (AvgIpc) is 3.03. The SMILES string of the molecule is c1ccn(C2CCCCN2n2ccnc2)c1. The summed E-state index contributed by atoms with van der Waals surface area (Å²) in [6.07, 6.45) is 14.2. The molecule has 4 nitrogen and oxygen atoms in total. The fourth-order valence-electron chi connectivity index (χ4n) is 2.42. The van der Waals surface area contributed by atoms with Gasteiger partial charge < -0.3 is 4.57 Å². The van der Waals surface area contributed by atoms with Crippen molar-refractivity contribution in [3.05, 3.63) is 43.2 Å². The number of nitrogens with zero attached hydrogens (tertiary/aromatic N) is 4. The van der Waals surface area contributed by atoms with Crippen LogP contribution in [0.1, 0.15) is 25.4 Å². The largest absolute Gasteiger partial charge is 0.332 e. The molecule has 3 heterocycles. The average molecular weight is 216 g/mol. The van der Waals surface area contributed by atoms with Crippen LogP contribution >= 0.6 is 0 Å². The Morgan fingerprint density at radius 1 is 1.06 bits per heavy atom. The van der Waals surface area contributed by atoms with E-state index < -0.39 is 0 Å². The van der Waals surface area contributed by atoms with Gasteiger partial charge in [0.1, 0.15) is 12.5 Å². The molecule has 84 valence electrons. The van der Waals surface area contributed by atoms with Crippen LogP contribution in [0.15, 0.2) is 43.2 Å². The Morgan fingerprint density at radius 2 is 1.94 bits per heavy atom. The van der Waals surface area contributed by atoms with Crippen LogP contribution in [-0.2, 0) is 0 Å². The Labute approximate surface area is 95.1 Å². The second-order valence-corrected chi connectivity index (χ2v) is 4.21. The molecule has 0 N–H and O–H groups in total. The Kier molecular flexibility index (Phi) is 2.40. The summed E-state index contributed by atoms with van der Waals surface area (Å²) in [5.74, 6) is 0. The van der Waals surface area contributed by atoms with E-state index in [1.165, 1.54) is 19.3 Å².